The van der Waals surface area contributed by atoms with Crippen molar-refractivity contribution in [1.82, 2.24) is 9.62 Å². The van der Waals surface area contributed by atoms with Crippen LogP contribution in [0, 0.1) is 11.7 Å². The fourth-order valence-corrected chi connectivity index (χ4v) is 5.30. The Kier molecular flexibility index (Phi) is 5.94. The van der Waals surface area contributed by atoms with Crippen molar-refractivity contribution >= 4 is 15.9 Å². The first-order chi connectivity index (χ1) is 12.4. The van der Waals surface area contributed by atoms with E-state index in [2.05, 4.69) is 5.32 Å². The van der Waals surface area contributed by atoms with E-state index in [1.165, 1.54) is 22.5 Å². The molecule has 1 atom stereocenters. The third-order valence-electron chi connectivity index (χ3n) is 5.25. The molecule has 1 amide bonds. The molecule has 1 aliphatic carbocycles. The maximum atomic E-state index is 13.9. The summed E-state index contributed by atoms with van der Waals surface area (Å²) in [6, 6.07) is 5.34. The molecule has 144 valence electrons. The summed E-state index contributed by atoms with van der Waals surface area (Å²) in [7, 11) is -3.95. The largest absolute Gasteiger partial charge is 0.393 e. The van der Waals surface area contributed by atoms with Gasteiger partial charge < -0.3 is 10.4 Å². The minimum Gasteiger partial charge on any atom is -0.393 e. The van der Waals surface area contributed by atoms with E-state index in [0.717, 1.165) is 18.9 Å². The van der Waals surface area contributed by atoms with Crippen LogP contribution >= 0.6 is 0 Å². The van der Waals surface area contributed by atoms with E-state index in [9.17, 15) is 22.7 Å². The average Bonchev–Trinajstić information content (AvgIpc) is 2.64. The molecule has 2 fully saturated rings. The molecular formula is C18H25FN2O4S. The molecule has 0 spiro atoms. The summed E-state index contributed by atoms with van der Waals surface area (Å²) in [5.74, 6) is -1.36. The Morgan fingerprint density at radius 2 is 1.85 bits per heavy atom. The fraction of sp³-hybridized carbons (Fsp3) is 0.611. The van der Waals surface area contributed by atoms with Crippen molar-refractivity contribution in [3.8, 4) is 0 Å². The van der Waals surface area contributed by atoms with E-state index < -0.39 is 21.8 Å². The second kappa shape index (κ2) is 8.02. The number of halogens is 1. The molecule has 2 aliphatic rings. The number of nitrogens with one attached hydrogen (secondary N) is 1. The third kappa shape index (κ3) is 4.24. The summed E-state index contributed by atoms with van der Waals surface area (Å²) in [6.07, 6.45) is 3.69. The molecule has 1 aromatic rings. The molecule has 8 heteroatoms. The van der Waals surface area contributed by atoms with Gasteiger partial charge in [-0.15, -0.1) is 0 Å². The minimum absolute atomic E-state index is 0.0319. The number of nitrogens with zero attached hydrogens (tertiary/aromatic N) is 1. The lowest BCUT2D eigenvalue weighted by Crippen LogP contribution is -2.48. The number of piperidine rings is 1. The van der Waals surface area contributed by atoms with Crippen LogP contribution in [0.25, 0.3) is 0 Å². The molecule has 1 saturated heterocycles. The highest BCUT2D eigenvalue weighted by molar-refractivity contribution is 7.89. The molecule has 1 heterocycles. The smallest absolute Gasteiger partial charge is 0.246 e. The van der Waals surface area contributed by atoms with Crippen LogP contribution in [0.15, 0.2) is 29.2 Å². The molecule has 1 aromatic carbocycles. The number of aliphatic hydroxyl groups excluding tert-OH is 1. The summed E-state index contributed by atoms with van der Waals surface area (Å²) < 4.78 is 40.6. The summed E-state index contributed by atoms with van der Waals surface area (Å²) in [6.45, 7) is 0.355. The molecule has 0 unspecified atom stereocenters. The van der Waals surface area contributed by atoms with Crippen LogP contribution in [-0.2, 0) is 14.8 Å². The van der Waals surface area contributed by atoms with Crippen LogP contribution < -0.4 is 5.32 Å². The number of hydrogen-bond acceptors (Lipinski definition) is 4. The summed E-state index contributed by atoms with van der Waals surface area (Å²) >= 11 is 0. The minimum atomic E-state index is -3.95. The van der Waals surface area contributed by atoms with Gasteiger partial charge in [0.05, 0.1) is 12.0 Å². The molecule has 1 saturated carbocycles. The number of sulfonamides is 1. The zero-order valence-electron chi connectivity index (χ0n) is 14.6. The Bertz CT molecular complexity index is 747. The lowest BCUT2D eigenvalue weighted by atomic mass is 9.92. The fourth-order valence-electron chi connectivity index (χ4n) is 3.71. The zero-order chi connectivity index (χ0) is 18.7. The molecule has 26 heavy (non-hydrogen) atoms. The van der Waals surface area contributed by atoms with Gasteiger partial charge in [-0.1, -0.05) is 12.1 Å². The Hall–Kier alpha value is -1.51. The van der Waals surface area contributed by atoms with Crippen molar-refractivity contribution in [3.05, 3.63) is 30.1 Å². The van der Waals surface area contributed by atoms with Gasteiger partial charge in [0.2, 0.25) is 15.9 Å². The number of carbonyl (C=O) groups is 1. The molecule has 3 rings (SSSR count). The van der Waals surface area contributed by atoms with Gasteiger partial charge in [0.15, 0.2) is 0 Å². The Balaban J connectivity index is 1.65. The van der Waals surface area contributed by atoms with Crippen molar-refractivity contribution in [2.24, 2.45) is 5.92 Å². The molecular weight excluding hydrogens is 359 g/mol. The number of aliphatic hydroxyl groups is 1. The molecule has 1 aliphatic heterocycles. The van der Waals surface area contributed by atoms with Gasteiger partial charge in [0.25, 0.3) is 0 Å². The lowest BCUT2D eigenvalue weighted by Gasteiger charge is -2.33. The first-order valence-electron chi connectivity index (χ1n) is 9.11. The quantitative estimate of drug-likeness (QED) is 0.826. The molecule has 0 aromatic heterocycles. The van der Waals surface area contributed by atoms with Crippen molar-refractivity contribution in [1.29, 1.82) is 0 Å². The van der Waals surface area contributed by atoms with E-state index >= 15 is 0 Å². The van der Waals surface area contributed by atoms with Crippen LogP contribution in [-0.4, -0.2) is 49.0 Å². The average molecular weight is 384 g/mol. The number of carbonyl (C=O) groups excluding carboxylic acids is 1. The van der Waals surface area contributed by atoms with Crippen molar-refractivity contribution in [2.75, 3.05) is 13.1 Å². The van der Waals surface area contributed by atoms with Gasteiger partial charge in [-0.25, -0.2) is 12.8 Å². The predicted octanol–water partition coefficient (Wildman–Crippen LogP) is 1.65. The van der Waals surface area contributed by atoms with Gasteiger partial charge in [0.1, 0.15) is 10.7 Å². The number of amides is 1. The topological polar surface area (TPSA) is 86.7 Å². The van der Waals surface area contributed by atoms with Gasteiger partial charge in [-0.05, 0) is 50.7 Å². The molecule has 6 nitrogen and oxygen atoms in total. The van der Waals surface area contributed by atoms with Crippen LogP contribution in [0.4, 0.5) is 4.39 Å². The molecule has 2 N–H and O–H groups in total. The first kappa shape index (κ1) is 19.3. The van der Waals surface area contributed by atoms with Gasteiger partial charge in [-0.2, -0.15) is 4.31 Å². The predicted molar refractivity (Wildman–Crippen MR) is 94.3 cm³/mol. The van der Waals surface area contributed by atoms with E-state index in [1.54, 1.807) is 0 Å². The zero-order valence-corrected chi connectivity index (χ0v) is 15.4. The SMILES string of the molecule is O=C(N[C@H]1CC[C@H](O)CC1)[C@H]1CCCN(S(=O)(=O)c2ccccc2F)C1. The number of benzene rings is 1. The Morgan fingerprint density at radius 3 is 2.54 bits per heavy atom. The normalized spacial score (nSPS) is 27.8. The molecule has 0 radical (unpaired) electrons. The van der Waals surface area contributed by atoms with Crippen molar-refractivity contribution in [2.45, 2.75) is 55.6 Å². The highest BCUT2D eigenvalue weighted by Crippen LogP contribution is 2.26. The maximum absolute atomic E-state index is 13.9. The summed E-state index contributed by atoms with van der Waals surface area (Å²) in [5.41, 5.74) is 0. The Labute approximate surface area is 153 Å². The van der Waals surface area contributed by atoms with E-state index in [1.807, 2.05) is 0 Å². The Morgan fingerprint density at radius 1 is 1.15 bits per heavy atom. The highest BCUT2D eigenvalue weighted by atomic mass is 32.2. The van der Waals surface area contributed by atoms with Crippen LogP contribution in [0.1, 0.15) is 38.5 Å². The van der Waals surface area contributed by atoms with Crippen molar-refractivity contribution in [3.63, 3.8) is 0 Å². The maximum Gasteiger partial charge on any atom is 0.246 e. The van der Waals surface area contributed by atoms with Crippen molar-refractivity contribution < 1.29 is 22.7 Å². The van der Waals surface area contributed by atoms with Gasteiger partial charge >= 0.3 is 0 Å². The summed E-state index contributed by atoms with van der Waals surface area (Å²) in [4.78, 5) is 12.2. The number of hydrogen-bond donors (Lipinski definition) is 2. The van der Waals surface area contributed by atoms with E-state index in [0.29, 0.717) is 25.7 Å². The van der Waals surface area contributed by atoms with Gasteiger partial charge in [0, 0.05) is 19.1 Å². The lowest BCUT2D eigenvalue weighted by molar-refractivity contribution is -0.127. The standard InChI is InChI=1S/C18H25FN2O4S/c19-16-5-1-2-6-17(16)26(24,25)21-11-3-4-13(12-21)18(23)20-14-7-9-15(22)10-8-14/h1-2,5-6,13-15,22H,3-4,7-12H2,(H,20,23)/t13-,14-,15-/m0/s1. The summed E-state index contributed by atoms with van der Waals surface area (Å²) in [5, 5.41) is 12.5. The van der Waals surface area contributed by atoms with Crippen LogP contribution in [0.2, 0.25) is 0 Å². The second-order valence-electron chi connectivity index (χ2n) is 7.15. The van der Waals surface area contributed by atoms with E-state index in [4.69, 9.17) is 0 Å². The third-order valence-corrected chi connectivity index (χ3v) is 7.15. The van der Waals surface area contributed by atoms with Crippen LogP contribution in [0.3, 0.4) is 0 Å². The van der Waals surface area contributed by atoms with Gasteiger partial charge in [-0.3, -0.25) is 4.79 Å². The molecule has 0 bridgehead atoms. The van der Waals surface area contributed by atoms with Crippen LogP contribution in [0.5, 0.6) is 0 Å². The first-order valence-corrected chi connectivity index (χ1v) is 10.5. The highest BCUT2D eigenvalue weighted by Gasteiger charge is 2.35. The monoisotopic (exact) mass is 384 g/mol. The number of rotatable bonds is 4. The second-order valence-corrected chi connectivity index (χ2v) is 9.05. The van der Waals surface area contributed by atoms with E-state index in [-0.39, 0.29) is 36.0 Å².